The van der Waals surface area contributed by atoms with Crippen LogP contribution in [0.1, 0.15) is 19.2 Å². The minimum Gasteiger partial charge on any atom is -0.481 e. The van der Waals surface area contributed by atoms with Crippen LogP contribution in [-0.4, -0.2) is 22.2 Å². The molecule has 1 unspecified atom stereocenters. The van der Waals surface area contributed by atoms with Gasteiger partial charge in [-0.3, -0.25) is 4.79 Å². The molecule has 0 saturated heterocycles. The summed E-state index contributed by atoms with van der Waals surface area (Å²) in [7, 11) is 0. The standard InChI is InChI=1S/C19H18BrN3O3/c1-2-16(25-15-9-4-3-5-10-15)19(24)21-12-17-22-18(23-26-17)13-7-6-8-14(20)11-13/h3-11,16H,2,12H2,1H3,(H,21,24). The molecular weight excluding hydrogens is 398 g/mol. The molecule has 0 aliphatic heterocycles. The lowest BCUT2D eigenvalue weighted by atomic mass is 10.2. The zero-order valence-corrected chi connectivity index (χ0v) is 15.8. The largest absolute Gasteiger partial charge is 0.481 e. The van der Waals surface area contributed by atoms with Crippen molar-refractivity contribution < 1.29 is 14.1 Å². The van der Waals surface area contributed by atoms with E-state index in [1.807, 2.05) is 61.5 Å². The maximum atomic E-state index is 12.3. The molecule has 0 spiro atoms. The first-order valence-corrected chi connectivity index (χ1v) is 9.03. The molecule has 0 radical (unpaired) electrons. The summed E-state index contributed by atoms with van der Waals surface area (Å²) < 4.78 is 11.9. The topological polar surface area (TPSA) is 77.2 Å². The van der Waals surface area contributed by atoms with E-state index in [1.165, 1.54) is 0 Å². The van der Waals surface area contributed by atoms with Crippen molar-refractivity contribution >= 4 is 21.8 Å². The van der Waals surface area contributed by atoms with Gasteiger partial charge in [-0.2, -0.15) is 4.98 Å². The third kappa shape index (κ3) is 4.70. The summed E-state index contributed by atoms with van der Waals surface area (Å²) in [6, 6.07) is 16.9. The first-order valence-electron chi connectivity index (χ1n) is 8.23. The first-order chi connectivity index (χ1) is 12.7. The van der Waals surface area contributed by atoms with Crippen LogP contribution in [0, 0.1) is 0 Å². The van der Waals surface area contributed by atoms with Crippen LogP contribution in [0.15, 0.2) is 63.6 Å². The normalized spacial score (nSPS) is 11.8. The Kier molecular flexibility index (Phi) is 6.01. The van der Waals surface area contributed by atoms with Crippen molar-refractivity contribution in [3.63, 3.8) is 0 Å². The van der Waals surface area contributed by atoms with Crippen molar-refractivity contribution in [3.05, 3.63) is 65.0 Å². The van der Waals surface area contributed by atoms with Gasteiger partial charge in [0.1, 0.15) is 5.75 Å². The molecule has 0 fully saturated rings. The molecule has 1 atom stereocenters. The number of carbonyl (C=O) groups excluding carboxylic acids is 1. The monoisotopic (exact) mass is 415 g/mol. The lowest BCUT2D eigenvalue weighted by molar-refractivity contribution is -0.128. The summed E-state index contributed by atoms with van der Waals surface area (Å²) in [6.07, 6.45) is -0.0294. The molecule has 26 heavy (non-hydrogen) atoms. The second-order valence-corrected chi connectivity index (χ2v) is 6.48. The van der Waals surface area contributed by atoms with Crippen molar-refractivity contribution in [1.29, 1.82) is 0 Å². The maximum Gasteiger partial charge on any atom is 0.261 e. The number of hydrogen-bond acceptors (Lipinski definition) is 5. The van der Waals surface area contributed by atoms with Crippen LogP contribution in [0.2, 0.25) is 0 Å². The quantitative estimate of drug-likeness (QED) is 0.631. The number of nitrogens with one attached hydrogen (secondary N) is 1. The van der Waals surface area contributed by atoms with Gasteiger partial charge in [0, 0.05) is 10.0 Å². The van der Waals surface area contributed by atoms with E-state index in [0.717, 1.165) is 10.0 Å². The van der Waals surface area contributed by atoms with Crippen LogP contribution in [0.4, 0.5) is 0 Å². The van der Waals surface area contributed by atoms with Crippen LogP contribution in [0.3, 0.4) is 0 Å². The molecule has 7 heteroatoms. The first kappa shape index (κ1) is 18.1. The average Bonchev–Trinajstić information content (AvgIpc) is 3.14. The van der Waals surface area contributed by atoms with Gasteiger partial charge in [0.15, 0.2) is 6.10 Å². The third-order valence-corrected chi connectivity index (χ3v) is 4.14. The number of aromatic nitrogens is 2. The maximum absolute atomic E-state index is 12.3. The highest BCUT2D eigenvalue weighted by Gasteiger charge is 2.19. The van der Waals surface area contributed by atoms with Crippen LogP contribution < -0.4 is 10.1 Å². The molecule has 1 heterocycles. The number of carbonyl (C=O) groups is 1. The third-order valence-electron chi connectivity index (χ3n) is 3.65. The summed E-state index contributed by atoms with van der Waals surface area (Å²) in [5.74, 6) is 1.24. The predicted octanol–water partition coefficient (Wildman–Crippen LogP) is 3.97. The van der Waals surface area contributed by atoms with Crippen LogP contribution in [0.5, 0.6) is 5.75 Å². The summed E-state index contributed by atoms with van der Waals surface area (Å²) in [5, 5.41) is 6.73. The van der Waals surface area contributed by atoms with Gasteiger partial charge >= 0.3 is 0 Å². The predicted molar refractivity (Wildman–Crippen MR) is 100 cm³/mol. The van der Waals surface area contributed by atoms with Crippen molar-refractivity contribution in [2.45, 2.75) is 26.0 Å². The van der Waals surface area contributed by atoms with Gasteiger partial charge in [0.05, 0.1) is 6.54 Å². The number of rotatable bonds is 7. The van der Waals surface area contributed by atoms with Gasteiger partial charge < -0.3 is 14.6 Å². The van der Waals surface area contributed by atoms with Crippen molar-refractivity contribution in [1.82, 2.24) is 15.5 Å². The molecule has 0 bridgehead atoms. The van der Waals surface area contributed by atoms with E-state index in [2.05, 4.69) is 31.4 Å². The SMILES string of the molecule is CCC(Oc1ccccc1)C(=O)NCc1nc(-c2cccc(Br)c2)no1. The highest BCUT2D eigenvalue weighted by atomic mass is 79.9. The summed E-state index contributed by atoms with van der Waals surface area (Å²) >= 11 is 3.41. The fraction of sp³-hybridized carbons (Fsp3) is 0.211. The van der Waals surface area contributed by atoms with Gasteiger partial charge in [-0.15, -0.1) is 0 Å². The van der Waals surface area contributed by atoms with Crippen LogP contribution in [-0.2, 0) is 11.3 Å². The van der Waals surface area contributed by atoms with Crippen molar-refractivity contribution in [2.24, 2.45) is 0 Å². The Hall–Kier alpha value is -2.67. The van der Waals surface area contributed by atoms with E-state index in [1.54, 1.807) is 0 Å². The number of para-hydroxylation sites is 1. The van der Waals surface area contributed by atoms with E-state index < -0.39 is 6.10 Å². The zero-order valence-electron chi connectivity index (χ0n) is 14.2. The molecule has 0 saturated carbocycles. The number of amides is 1. The number of ether oxygens (including phenoxy) is 1. The van der Waals surface area contributed by atoms with E-state index in [-0.39, 0.29) is 12.5 Å². The second kappa shape index (κ2) is 8.62. The Morgan fingerprint density at radius 3 is 2.77 bits per heavy atom. The fourth-order valence-corrected chi connectivity index (χ4v) is 2.73. The zero-order chi connectivity index (χ0) is 18.4. The highest BCUT2D eigenvalue weighted by Crippen LogP contribution is 2.20. The Morgan fingerprint density at radius 1 is 1.23 bits per heavy atom. The number of halogens is 1. The summed E-state index contributed by atoms with van der Waals surface area (Å²) in [4.78, 5) is 16.6. The molecule has 3 aromatic rings. The van der Waals surface area contributed by atoms with E-state index in [9.17, 15) is 4.79 Å². The average molecular weight is 416 g/mol. The summed E-state index contributed by atoms with van der Waals surface area (Å²) in [6.45, 7) is 2.04. The molecular formula is C19H18BrN3O3. The molecule has 1 N–H and O–H groups in total. The van der Waals surface area contributed by atoms with Crippen LogP contribution >= 0.6 is 15.9 Å². The Bertz CT molecular complexity index is 867. The molecule has 3 rings (SSSR count). The van der Waals surface area contributed by atoms with E-state index in [0.29, 0.717) is 23.9 Å². The minimum absolute atomic E-state index is 0.147. The van der Waals surface area contributed by atoms with E-state index >= 15 is 0 Å². The molecule has 0 aliphatic carbocycles. The smallest absolute Gasteiger partial charge is 0.261 e. The molecule has 1 aromatic heterocycles. The second-order valence-electron chi connectivity index (χ2n) is 5.57. The van der Waals surface area contributed by atoms with Crippen molar-refractivity contribution in [2.75, 3.05) is 0 Å². The van der Waals surface area contributed by atoms with Crippen LogP contribution in [0.25, 0.3) is 11.4 Å². The van der Waals surface area contributed by atoms with Gasteiger partial charge in [0.2, 0.25) is 11.7 Å². The fourth-order valence-electron chi connectivity index (χ4n) is 2.33. The lowest BCUT2D eigenvalue weighted by Crippen LogP contribution is -2.37. The Labute approximate surface area is 159 Å². The molecule has 0 aliphatic rings. The van der Waals surface area contributed by atoms with Gasteiger partial charge in [0.25, 0.3) is 5.91 Å². The molecule has 1 amide bonds. The minimum atomic E-state index is -0.579. The molecule has 134 valence electrons. The van der Waals surface area contributed by atoms with Gasteiger partial charge in [-0.05, 0) is 30.7 Å². The number of nitrogens with zero attached hydrogens (tertiary/aromatic N) is 2. The highest BCUT2D eigenvalue weighted by molar-refractivity contribution is 9.10. The van der Waals surface area contributed by atoms with Gasteiger partial charge in [-0.25, -0.2) is 0 Å². The molecule has 6 nitrogen and oxygen atoms in total. The van der Waals surface area contributed by atoms with Crippen molar-refractivity contribution in [3.8, 4) is 17.1 Å². The summed E-state index contributed by atoms with van der Waals surface area (Å²) in [5.41, 5.74) is 0.833. The van der Waals surface area contributed by atoms with Gasteiger partial charge in [-0.1, -0.05) is 58.3 Å². The molecule has 2 aromatic carbocycles. The lowest BCUT2D eigenvalue weighted by Gasteiger charge is -2.16. The van der Waals surface area contributed by atoms with E-state index in [4.69, 9.17) is 9.26 Å². The number of hydrogen-bond donors (Lipinski definition) is 1. The Balaban J connectivity index is 1.59. The number of benzene rings is 2. The Morgan fingerprint density at radius 2 is 2.04 bits per heavy atom.